The lowest BCUT2D eigenvalue weighted by Gasteiger charge is -2.17. The molecule has 2 rings (SSSR count). The van der Waals surface area contributed by atoms with Crippen LogP contribution in [0.4, 0.5) is 0 Å². The van der Waals surface area contributed by atoms with Crippen LogP contribution in [0.1, 0.15) is 16.8 Å². The van der Waals surface area contributed by atoms with Crippen LogP contribution >= 0.6 is 11.8 Å². The summed E-state index contributed by atoms with van der Waals surface area (Å²) in [5.41, 5.74) is 1.38. The van der Waals surface area contributed by atoms with Gasteiger partial charge in [-0.2, -0.15) is 0 Å². The zero-order chi connectivity index (χ0) is 18.9. The van der Waals surface area contributed by atoms with E-state index in [1.165, 1.54) is 16.7 Å². The van der Waals surface area contributed by atoms with E-state index in [9.17, 15) is 9.59 Å². The van der Waals surface area contributed by atoms with Crippen molar-refractivity contribution in [3.05, 3.63) is 42.2 Å². The van der Waals surface area contributed by atoms with Crippen molar-refractivity contribution in [3.63, 3.8) is 0 Å². The molecule has 1 aromatic carbocycles. The van der Waals surface area contributed by atoms with E-state index < -0.39 is 0 Å². The number of nitrogens with zero attached hydrogens (tertiary/aromatic N) is 3. The molecule has 8 heteroatoms. The van der Waals surface area contributed by atoms with Crippen LogP contribution in [-0.4, -0.2) is 66.4 Å². The number of nitrogens with one attached hydrogen (secondary N) is 1. The average Bonchev–Trinajstić information content (AvgIpc) is 3.13. The average molecular weight is 376 g/mol. The van der Waals surface area contributed by atoms with E-state index in [-0.39, 0.29) is 18.4 Å². The topological polar surface area (TPSA) is 76.5 Å². The second-order valence-corrected chi connectivity index (χ2v) is 6.47. The van der Waals surface area contributed by atoms with Gasteiger partial charge in [0, 0.05) is 51.0 Å². The van der Waals surface area contributed by atoms with Crippen molar-refractivity contribution in [1.29, 1.82) is 0 Å². The molecule has 0 unspecified atom stereocenters. The molecule has 1 aromatic heterocycles. The molecule has 0 atom stereocenters. The fourth-order valence-corrected chi connectivity index (χ4v) is 2.96. The first-order valence-electron chi connectivity index (χ1n) is 8.25. The number of likely N-dealkylation sites (N-methyl/N-ethyl adjacent to an activating group) is 1. The van der Waals surface area contributed by atoms with Crippen LogP contribution in [0.3, 0.4) is 0 Å². The molecule has 1 heterocycles. The van der Waals surface area contributed by atoms with Crippen molar-refractivity contribution >= 4 is 23.6 Å². The van der Waals surface area contributed by atoms with E-state index in [1.807, 2.05) is 29.2 Å². The largest absolute Gasteiger partial charge is 0.385 e. The number of amides is 2. The molecule has 7 nitrogen and oxygen atoms in total. The third kappa shape index (κ3) is 5.34. The number of carbonyl (C=O) groups excluding carboxylic acids is 2. The molecule has 0 saturated carbocycles. The van der Waals surface area contributed by atoms with Crippen LogP contribution < -0.4 is 5.32 Å². The number of rotatable bonds is 9. The summed E-state index contributed by atoms with van der Waals surface area (Å²) in [4.78, 5) is 30.2. The predicted octanol–water partition coefficient (Wildman–Crippen LogP) is 1.82. The SMILES string of the molecule is COCCCNC(=O)CN(C)C(=O)c1cccc(-n2ccnc2SC)c1. The summed E-state index contributed by atoms with van der Waals surface area (Å²) in [5, 5.41) is 3.62. The Morgan fingerprint density at radius 2 is 2.19 bits per heavy atom. The van der Waals surface area contributed by atoms with Crippen LogP contribution in [0, 0.1) is 0 Å². The fourth-order valence-electron chi connectivity index (χ4n) is 2.43. The van der Waals surface area contributed by atoms with Gasteiger partial charge in [0.1, 0.15) is 0 Å². The van der Waals surface area contributed by atoms with Crippen LogP contribution in [0.2, 0.25) is 0 Å². The third-order valence-electron chi connectivity index (χ3n) is 3.74. The minimum absolute atomic E-state index is 0.0111. The number of imidazole rings is 1. The molecule has 0 spiro atoms. The number of methoxy groups -OCH3 is 1. The lowest BCUT2D eigenvalue weighted by molar-refractivity contribution is -0.121. The number of ether oxygens (including phenoxy) is 1. The number of thioether (sulfide) groups is 1. The van der Waals surface area contributed by atoms with Gasteiger partial charge in [0.25, 0.3) is 5.91 Å². The van der Waals surface area contributed by atoms with Crippen molar-refractivity contribution < 1.29 is 14.3 Å². The second kappa shape index (κ2) is 9.98. The van der Waals surface area contributed by atoms with Gasteiger partial charge in [-0.25, -0.2) is 4.98 Å². The first-order chi connectivity index (χ1) is 12.6. The summed E-state index contributed by atoms with van der Waals surface area (Å²) in [6.07, 6.45) is 6.27. The number of carbonyl (C=O) groups is 2. The highest BCUT2D eigenvalue weighted by Crippen LogP contribution is 2.19. The van der Waals surface area contributed by atoms with Crippen molar-refractivity contribution in [1.82, 2.24) is 19.8 Å². The monoisotopic (exact) mass is 376 g/mol. The summed E-state index contributed by atoms with van der Waals surface area (Å²) in [5.74, 6) is -0.392. The van der Waals surface area contributed by atoms with Gasteiger partial charge in [0.15, 0.2) is 5.16 Å². The highest BCUT2D eigenvalue weighted by molar-refractivity contribution is 7.98. The maximum Gasteiger partial charge on any atom is 0.254 e. The van der Waals surface area contributed by atoms with E-state index in [0.29, 0.717) is 18.7 Å². The minimum atomic E-state index is -0.204. The quantitative estimate of drug-likeness (QED) is 0.534. The summed E-state index contributed by atoms with van der Waals surface area (Å²) < 4.78 is 6.86. The lowest BCUT2D eigenvalue weighted by atomic mass is 10.1. The Labute approximate surface area is 157 Å². The Balaban J connectivity index is 2.00. The maximum atomic E-state index is 12.6. The summed E-state index contributed by atoms with van der Waals surface area (Å²) >= 11 is 1.53. The van der Waals surface area contributed by atoms with Crippen molar-refractivity contribution in [2.24, 2.45) is 0 Å². The fraction of sp³-hybridized carbons (Fsp3) is 0.389. The lowest BCUT2D eigenvalue weighted by Crippen LogP contribution is -2.38. The van der Waals surface area contributed by atoms with E-state index >= 15 is 0 Å². The molecular formula is C18H24N4O3S. The number of hydrogen-bond acceptors (Lipinski definition) is 5. The number of benzene rings is 1. The zero-order valence-electron chi connectivity index (χ0n) is 15.3. The molecule has 0 radical (unpaired) electrons. The van der Waals surface area contributed by atoms with Gasteiger partial charge < -0.3 is 15.0 Å². The maximum absolute atomic E-state index is 12.6. The molecular weight excluding hydrogens is 352 g/mol. The first-order valence-corrected chi connectivity index (χ1v) is 9.48. The van der Waals surface area contributed by atoms with Crippen molar-refractivity contribution in [2.45, 2.75) is 11.6 Å². The Hall–Kier alpha value is -2.32. The van der Waals surface area contributed by atoms with Gasteiger partial charge in [-0.3, -0.25) is 14.2 Å². The summed E-state index contributed by atoms with van der Waals surface area (Å²) in [6.45, 7) is 1.13. The molecule has 0 aliphatic rings. The van der Waals surface area contributed by atoms with Gasteiger partial charge in [0.2, 0.25) is 5.91 Å². The standard InChI is InChI=1S/C18H24N4O3S/c1-21(13-16(23)19-8-5-11-25-2)17(24)14-6-4-7-15(12-14)22-10-9-20-18(22)26-3/h4,6-7,9-10,12H,5,8,11,13H2,1-3H3,(H,19,23). The van der Waals surface area contributed by atoms with Gasteiger partial charge in [-0.05, 0) is 30.9 Å². The molecule has 2 aromatic rings. The van der Waals surface area contributed by atoms with Gasteiger partial charge in [-0.15, -0.1) is 0 Å². The Bertz CT molecular complexity index is 748. The zero-order valence-corrected chi connectivity index (χ0v) is 16.1. The Kier molecular flexibility index (Phi) is 7.68. The van der Waals surface area contributed by atoms with Crippen LogP contribution in [0.15, 0.2) is 41.8 Å². The van der Waals surface area contributed by atoms with E-state index in [1.54, 1.807) is 32.5 Å². The molecule has 0 aliphatic carbocycles. The van der Waals surface area contributed by atoms with Crippen molar-refractivity contribution in [2.75, 3.05) is 40.1 Å². The Morgan fingerprint density at radius 1 is 1.38 bits per heavy atom. The predicted molar refractivity (Wildman–Crippen MR) is 102 cm³/mol. The molecule has 26 heavy (non-hydrogen) atoms. The Morgan fingerprint density at radius 3 is 2.92 bits per heavy atom. The second-order valence-electron chi connectivity index (χ2n) is 5.69. The summed E-state index contributed by atoms with van der Waals surface area (Å²) in [7, 11) is 3.24. The summed E-state index contributed by atoms with van der Waals surface area (Å²) in [6, 6.07) is 7.29. The molecule has 140 valence electrons. The van der Waals surface area contributed by atoms with E-state index in [2.05, 4.69) is 10.3 Å². The van der Waals surface area contributed by atoms with Crippen LogP contribution in [0.5, 0.6) is 0 Å². The smallest absolute Gasteiger partial charge is 0.254 e. The van der Waals surface area contributed by atoms with Gasteiger partial charge in [-0.1, -0.05) is 17.8 Å². The molecule has 2 amide bonds. The van der Waals surface area contributed by atoms with E-state index in [4.69, 9.17) is 4.74 Å². The number of hydrogen-bond donors (Lipinski definition) is 1. The van der Waals surface area contributed by atoms with E-state index in [0.717, 1.165) is 17.3 Å². The van der Waals surface area contributed by atoms with Crippen molar-refractivity contribution in [3.8, 4) is 5.69 Å². The van der Waals surface area contributed by atoms with Crippen LogP contribution in [-0.2, 0) is 9.53 Å². The van der Waals surface area contributed by atoms with Crippen LogP contribution in [0.25, 0.3) is 5.69 Å². The minimum Gasteiger partial charge on any atom is -0.385 e. The number of aromatic nitrogens is 2. The van der Waals surface area contributed by atoms with Gasteiger partial charge in [0.05, 0.1) is 6.54 Å². The third-order valence-corrected chi connectivity index (χ3v) is 4.40. The highest BCUT2D eigenvalue weighted by Gasteiger charge is 2.16. The molecule has 0 fully saturated rings. The first kappa shape index (κ1) is 20.0. The van der Waals surface area contributed by atoms with Gasteiger partial charge >= 0.3 is 0 Å². The highest BCUT2D eigenvalue weighted by atomic mass is 32.2. The molecule has 1 N–H and O–H groups in total. The molecule has 0 saturated heterocycles. The molecule has 0 aliphatic heterocycles. The normalized spacial score (nSPS) is 10.6. The molecule has 0 bridgehead atoms.